The SMILES string of the molecule is C=C(N)N=C/C(=C\CC)c1ccc(C2(C(C)=O)CCOCC2)cc1. The molecular formula is C20H26N2O2. The molecule has 0 amide bonds. The summed E-state index contributed by atoms with van der Waals surface area (Å²) in [6.07, 6.45) is 6.21. The van der Waals surface area contributed by atoms with Gasteiger partial charge in [0.1, 0.15) is 11.6 Å². The minimum Gasteiger partial charge on any atom is -0.384 e. The van der Waals surface area contributed by atoms with Crippen LogP contribution < -0.4 is 5.73 Å². The Kier molecular flexibility index (Phi) is 6.10. The van der Waals surface area contributed by atoms with Crippen molar-refractivity contribution in [1.82, 2.24) is 0 Å². The smallest absolute Gasteiger partial charge is 0.140 e. The first-order valence-corrected chi connectivity index (χ1v) is 8.38. The lowest BCUT2D eigenvalue weighted by Gasteiger charge is -2.35. The molecule has 4 heteroatoms. The number of carbonyl (C=O) groups is 1. The van der Waals surface area contributed by atoms with E-state index in [0.29, 0.717) is 13.2 Å². The number of nitrogens with zero attached hydrogens (tertiary/aromatic N) is 1. The lowest BCUT2D eigenvalue weighted by Crippen LogP contribution is -2.40. The Morgan fingerprint density at radius 3 is 2.46 bits per heavy atom. The van der Waals surface area contributed by atoms with Crippen LogP contribution in [0.5, 0.6) is 0 Å². The van der Waals surface area contributed by atoms with Crippen molar-refractivity contribution < 1.29 is 9.53 Å². The van der Waals surface area contributed by atoms with E-state index in [1.165, 1.54) is 0 Å². The normalized spacial score (nSPS) is 17.8. The van der Waals surface area contributed by atoms with Gasteiger partial charge in [0.15, 0.2) is 0 Å². The highest BCUT2D eigenvalue weighted by molar-refractivity contribution is 6.10. The zero-order chi connectivity index (χ0) is 17.6. The number of rotatable bonds is 6. The van der Waals surface area contributed by atoms with Gasteiger partial charge >= 0.3 is 0 Å². The van der Waals surface area contributed by atoms with E-state index in [1.807, 2.05) is 12.1 Å². The first kappa shape index (κ1) is 18.1. The molecule has 1 aliphatic rings. The lowest BCUT2D eigenvalue weighted by molar-refractivity contribution is -0.126. The summed E-state index contributed by atoms with van der Waals surface area (Å²) >= 11 is 0. The zero-order valence-electron chi connectivity index (χ0n) is 14.5. The summed E-state index contributed by atoms with van der Waals surface area (Å²) in [7, 11) is 0. The number of benzene rings is 1. The molecule has 0 atom stereocenters. The molecule has 0 unspecified atom stereocenters. The number of carbonyl (C=O) groups excluding carboxylic acids is 1. The van der Waals surface area contributed by atoms with Gasteiger partial charge in [0.05, 0.1) is 5.41 Å². The maximum absolute atomic E-state index is 12.3. The highest BCUT2D eigenvalue weighted by Crippen LogP contribution is 2.36. The predicted molar refractivity (Wildman–Crippen MR) is 98.9 cm³/mol. The quantitative estimate of drug-likeness (QED) is 0.812. The van der Waals surface area contributed by atoms with Gasteiger partial charge in [-0.25, -0.2) is 4.99 Å². The predicted octanol–water partition coefficient (Wildman–Crippen LogP) is 3.62. The molecule has 128 valence electrons. The highest BCUT2D eigenvalue weighted by atomic mass is 16.5. The van der Waals surface area contributed by atoms with Gasteiger partial charge in [-0.05, 0) is 42.9 Å². The molecule has 24 heavy (non-hydrogen) atoms. The Labute approximate surface area is 144 Å². The lowest BCUT2D eigenvalue weighted by atomic mass is 9.71. The number of hydrogen-bond donors (Lipinski definition) is 1. The van der Waals surface area contributed by atoms with Crippen molar-refractivity contribution in [2.75, 3.05) is 13.2 Å². The van der Waals surface area contributed by atoms with E-state index in [0.717, 1.165) is 36.0 Å². The van der Waals surface area contributed by atoms with Crippen LogP contribution in [0.25, 0.3) is 5.57 Å². The molecule has 1 saturated heterocycles. The van der Waals surface area contributed by atoms with Crippen LogP contribution in [0, 0.1) is 0 Å². The second-order valence-corrected chi connectivity index (χ2v) is 6.15. The molecule has 0 bridgehead atoms. The fraction of sp³-hybridized carbons (Fsp3) is 0.400. The van der Waals surface area contributed by atoms with Gasteiger partial charge in [-0.3, -0.25) is 4.79 Å². The Morgan fingerprint density at radius 2 is 1.96 bits per heavy atom. The fourth-order valence-corrected chi connectivity index (χ4v) is 3.16. The van der Waals surface area contributed by atoms with E-state index in [2.05, 4.69) is 36.7 Å². The largest absolute Gasteiger partial charge is 0.384 e. The number of ether oxygens (including phenoxy) is 1. The Bertz CT molecular complexity index is 651. The van der Waals surface area contributed by atoms with Gasteiger partial charge in [0.25, 0.3) is 0 Å². The molecule has 1 aromatic carbocycles. The second-order valence-electron chi connectivity index (χ2n) is 6.15. The van der Waals surface area contributed by atoms with E-state index in [4.69, 9.17) is 10.5 Å². The van der Waals surface area contributed by atoms with Crippen molar-refractivity contribution in [3.8, 4) is 0 Å². The molecule has 1 aromatic rings. The van der Waals surface area contributed by atoms with Crippen LogP contribution in [-0.4, -0.2) is 25.2 Å². The number of Topliss-reactive ketones (excluding diaryl/α,β-unsaturated/α-hetero) is 1. The van der Waals surface area contributed by atoms with Crippen LogP contribution in [0.15, 0.2) is 47.7 Å². The molecular weight excluding hydrogens is 300 g/mol. The van der Waals surface area contributed by atoms with Crippen molar-refractivity contribution in [3.63, 3.8) is 0 Å². The van der Waals surface area contributed by atoms with Gasteiger partial charge in [0, 0.05) is 19.4 Å². The summed E-state index contributed by atoms with van der Waals surface area (Å²) in [5.74, 6) is 0.496. The second kappa shape index (κ2) is 8.06. The van der Waals surface area contributed by atoms with Gasteiger partial charge in [-0.1, -0.05) is 43.8 Å². The van der Waals surface area contributed by atoms with Gasteiger partial charge in [-0.15, -0.1) is 0 Å². The van der Waals surface area contributed by atoms with E-state index in [1.54, 1.807) is 13.1 Å². The third-order valence-electron chi connectivity index (χ3n) is 4.58. The fourth-order valence-electron chi connectivity index (χ4n) is 3.16. The van der Waals surface area contributed by atoms with Crippen molar-refractivity contribution in [1.29, 1.82) is 0 Å². The molecule has 0 radical (unpaired) electrons. The summed E-state index contributed by atoms with van der Waals surface area (Å²) < 4.78 is 5.45. The Balaban J connectivity index is 2.33. The van der Waals surface area contributed by atoms with Crippen LogP contribution in [-0.2, 0) is 14.9 Å². The molecule has 1 heterocycles. The average molecular weight is 326 g/mol. The molecule has 1 fully saturated rings. The zero-order valence-corrected chi connectivity index (χ0v) is 14.5. The first-order chi connectivity index (χ1) is 11.5. The maximum atomic E-state index is 12.3. The number of aliphatic imine (C=N–C) groups is 1. The number of nitrogens with two attached hydrogens (primary N) is 1. The Morgan fingerprint density at radius 1 is 1.33 bits per heavy atom. The summed E-state index contributed by atoms with van der Waals surface area (Å²) in [6, 6.07) is 8.19. The van der Waals surface area contributed by atoms with Crippen LogP contribution >= 0.6 is 0 Å². The number of hydrogen-bond acceptors (Lipinski definition) is 4. The maximum Gasteiger partial charge on any atom is 0.140 e. The van der Waals surface area contributed by atoms with E-state index >= 15 is 0 Å². The molecule has 2 rings (SSSR count). The molecule has 0 spiro atoms. The Hall–Kier alpha value is -2.20. The first-order valence-electron chi connectivity index (χ1n) is 8.38. The summed E-state index contributed by atoms with van der Waals surface area (Å²) in [5, 5.41) is 0. The van der Waals surface area contributed by atoms with Crippen molar-refractivity contribution >= 4 is 17.6 Å². The van der Waals surface area contributed by atoms with Gasteiger partial charge < -0.3 is 10.5 Å². The number of allylic oxidation sites excluding steroid dienone is 2. The minimum absolute atomic E-state index is 0.212. The standard InChI is InChI=1S/C20H26N2O2/c1-4-5-18(14-22-16(3)21)17-6-8-19(9-7-17)20(15(2)23)10-12-24-13-11-20/h5-9,14H,3-4,10-13,21H2,1-2H3/b18-5+,22-14?. The molecule has 4 nitrogen and oxygen atoms in total. The van der Waals surface area contributed by atoms with Crippen molar-refractivity contribution in [2.45, 2.75) is 38.5 Å². The third-order valence-corrected chi connectivity index (χ3v) is 4.58. The highest BCUT2D eigenvalue weighted by Gasteiger charge is 2.38. The summed E-state index contributed by atoms with van der Waals surface area (Å²) in [5.41, 5.74) is 8.23. The van der Waals surface area contributed by atoms with Crippen LogP contribution in [0.4, 0.5) is 0 Å². The van der Waals surface area contributed by atoms with Crippen LogP contribution in [0.1, 0.15) is 44.2 Å². The van der Waals surface area contributed by atoms with E-state index < -0.39 is 5.41 Å². The topological polar surface area (TPSA) is 64.7 Å². The molecule has 1 aliphatic heterocycles. The monoisotopic (exact) mass is 326 g/mol. The third kappa shape index (κ3) is 4.01. The van der Waals surface area contributed by atoms with Gasteiger partial charge in [0.2, 0.25) is 0 Å². The molecule has 0 aliphatic carbocycles. The molecule has 2 N–H and O–H groups in total. The summed E-state index contributed by atoms with van der Waals surface area (Å²) in [6.45, 7) is 8.61. The number of ketones is 1. The van der Waals surface area contributed by atoms with Crippen molar-refractivity contribution in [3.05, 3.63) is 53.9 Å². The summed E-state index contributed by atoms with van der Waals surface area (Å²) in [4.78, 5) is 16.4. The van der Waals surface area contributed by atoms with Gasteiger partial charge in [-0.2, -0.15) is 0 Å². The van der Waals surface area contributed by atoms with Crippen LogP contribution in [0.3, 0.4) is 0 Å². The molecule has 0 saturated carbocycles. The molecule has 0 aromatic heterocycles. The van der Waals surface area contributed by atoms with Crippen molar-refractivity contribution in [2.24, 2.45) is 10.7 Å². The minimum atomic E-state index is -0.412. The van der Waals surface area contributed by atoms with E-state index in [-0.39, 0.29) is 11.6 Å². The van der Waals surface area contributed by atoms with Crippen LogP contribution in [0.2, 0.25) is 0 Å². The average Bonchev–Trinajstić information content (AvgIpc) is 2.59. The van der Waals surface area contributed by atoms with E-state index in [9.17, 15) is 4.79 Å².